The van der Waals surface area contributed by atoms with Crippen molar-refractivity contribution in [2.24, 2.45) is 22.7 Å². The average Bonchev–Trinajstić information content (AvgIpc) is 2.96. The molecule has 0 bridgehead atoms. The minimum Gasteiger partial charge on any atom is -0.444 e. The van der Waals surface area contributed by atoms with Gasteiger partial charge < -0.3 is 25.4 Å². The molecule has 0 aromatic heterocycles. The first-order valence-corrected chi connectivity index (χ1v) is 11.8. The number of nitrogens with zero attached hydrogens (tertiary/aromatic N) is 1. The highest BCUT2D eigenvalue weighted by Gasteiger charge is 2.70. The van der Waals surface area contributed by atoms with Gasteiger partial charge in [0.15, 0.2) is 0 Å². The van der Waals surface area contributed by atoms with Gasteiger partial charge in [-0.3, -0.25) is 9.59 Å². The molecule has 32 heavy (non-hydrogen) atoms. The zero-order valence-corrected chi connectivity index (χ0v) is 20.9. The summed E-state index contributed by atoms with van der Waals surface area (Å²) in [7, 11) is 0. The minimum absolute atomic E-state index is 0.0133. The van der Waals surface area contributed by atoms with Crippen molar-refractivity contribution in [3.05, 3.63) is 0 Å². The van der Waals surface area contributed by atoms with E-state index in [1.54, 1.807) is 25.7 Å². The largest absolute Gasteiger partial charge is 0.444 e. The Bertz CT molecular complexity index is 770. The number of hydrogen-bond acceptors (Lipinski definition) is 5. The van der Waals surface area contributed by atoms with Crippen LogP contribution in [-0.2, 0) is 14.3 Å². The molecule has 0 aromatic carbocycles. The van der Waals surface area contributed by atoms with E-state index in [0.717, 1.165) is 19.3 Å². The van der Waals surface area contributed by atoms with Crippen molar-refractivity contribution in [1.29, 1.82) is 0 Å². The maximum Gasteiger partial charge on any atom is 0.408 e. The van der Waals surface area contributed by atoms with Gasteiger partial charge in [-0.05, 0) is 62.7 Å². The molecule has 3 N–H and O–H groups in total. The third kappa shape index (κ3) is 4.61. The van der Waals surface area contributed by atoms with Crippen LogP contribution in [0.15, 0.2) is 0 Å². The molecule has 0 aromatic rings. The summed E-state index contributed by atoms with van der Waals surface area (Å²) >= 11 is 0. The fourth-order valence-corrected chi connectivity index (χ4v) is 5.31. The summed E-state index contributed by atoms with van der Waals surface area (Å²) in [6.45, 7) is 15.6. The van der Waals surface area contributed by atoms with Crippen molar-refractivity contribution in [2.45, 2.75) is 97.9 Å². The van der Waals surface area contributed by atoms with Crippen LogP contribution in [0.3, 0.4) is 0 Å². The van der Waals surface area contributed by atoms with Crippen molar-refractivity contribution in [1.82, 2.24) is 15.5 Å². The smallest absolute Gasteiger partial charge is 0.408 e. The van der Waals surface area contributed by atoms with Crippen LogP contribution in [-0.4, -0.2) is 64.3 Å². The van der Waals surface area contributed by atoms with Gasteiger partial charge in [0.1, 0.15) is 17.7 Å². The molecule has 1 heterocycles. The molecule has 3 amide bonds. The third-order valence-electron chi connectivity index (χ3n) is 7.54. The second-order valence-corrected chi connectivity index (χ2v) is 12.6. The Balaban J connectivity index is 1.81. The molecule has 0 unspecified atom stereocenters. The quantitative estimate of drug-likeness (QED) is 0.595. The highest BCUT2D eigenvalue weighted by Crippen LogP contribution is 2.65. The van der Waals surface area contributed by atoms with E-state index in [2.05, 4.69) is 24.5 Å². The fourth-order valence-electron chi connectivity index (χ4n) is 5.31. The van der Waals surface area contributed by atoms with E-state index < -0.39 is 34.7 Å². The minimum atomic E-state index is -0.830. The molecular weight excluding hydrogens is 410 g/mol. The number of likely N-dealkylation sites (tertiary alicyclic amines) is 1. The van der Waals surface area contributed by atoms with Gasteiger partial charge in [-0.25, -0.2) is 4.79 Å². The Hall–Kier alpha value is -1.83. The van der Waals surface area contributed by atoms with Crippen LogP contribution in [0.1, 0.15) is 74.7 Å². The highest BCUT2D eigenvalue weighted by molar-refractivity contribution is 5.93. The van der Waals surface area contributed by atoms with Gasteiger partial charge in [-0.2, -0.15) is 0 Å². The molecule has 1 aliphatic heterocycles. The number of piperidine rings is 1. The van der Waals surface area contributed by atoms with Gasteiger partial charge in [0, 0.05) is 6.54 Å². The lowest BCUT2D eigenvalue weighted by Crippen LogP contribution is -2.63. The summed E-state index contributed by atoms with van der Waals surface area (Å²) in [5.74, 6) is -0.145. The molecule has 8 nitrogen and oxygen atoms in total. The summed E-state index contributed by atoms with van der Waals surface area (Å²) in [4.78, 5) is 41.3. The number of hydrogen-bond donors (Lipinski definition) is 3. The summed E-state index contributed by atoms with van der Waals surface area (Å²) in [6.07, 6.45) is 1.82. The SMILES string of the molecule is CC(C)(C)OC(=O)N[C@H](C(=O)N1C[C@H]2[C@@H]([C@H]1C(=O)NC1(CO)CCC1)C2(C)C)C(C)(C)C. The number of aliphatic hydroxyl groups is 1. The third-order valence-corrected chi connectivity index (χ3v) is 7.54. The van der Waals surface area contributed by atoms with Crippen LogP contribution in [0.25, 0.3) is 0 Å². The number of ether oxygens (including phenoxy) is 1. The number of fused-ring (bicyclic) bond motifs is 1. The Morgan fingerprint density at radius 3 is 2.16 bits per heavy atom. The van der Waals surface area contributed by atoms with Crippen LogP contribution in [0.4, 0.5) is 4.79 Å². The van der Waals surface area contributed by atoms with E-state index in [0.29, 0.717) is 6.54 Å². The number of rotatable bonds is 5. The van der Waals surface area contributed by atoms with Gasteiger partial charge in [0.05, 0.1) is 12.1 Å². The predicted molar refractivity (Wildman–Crippen MR) is 121 cm³/mol. The van der Waals surface area contributed by atoms with E-state index >= 15 is 0 Å². The van der Waals surface area contributed by atoms with Crippen LogP contribution in [0.2, 0.25) is 0 Å². The van der Waals surface area contributed by atoms with Crippen LogP contribution in [0.5, 0.6) is 0 Å². The zero-order chi connectivity index (χ0) is 24.3. The Kier molecular flexibility index (Phi) is 6.11. The number of carbonyl (C=O) groups excluding carboxylic acids is 3. The first-order valence-electron chi connectivity index (χ1n) is 11.8. The standard InChI is InChI=1S/C24H41N3O5/c1-21(2,3)17(25-20(31)32-22(4,5)6)19(30)27-12-14-15(23(14,7)8)16(27)18(29)26-24(13-28)10-9-11-24/h14-17,28H,9-13H2,1-8H3,(H,25,31)(H,26,29)/t14-,15-,16-,17+/m0/s1. The number of carbonyl (C=O) groups is 3. The van der Waals surface area contributed by atoms with E-state index in [-0.39, 0.29) is 35.7 Å². The molecule has 182 valence electrons. The molecule has 2 aliphatic carbocycles. The number of aliphatic hydroxyl groups excluding tert-OH is 1. The van der Waals surface area contributed by atoms with Gasteiger partial charge in [0.25, 0.3) is 0 Å². The lowest BCUT2D eigenvalue weighted by molar-refractivity contribution is -0.145. The van der Waals surface area contributed by atoms with E-state index in [4.69, 9.17) is 4.74 Å². The summed E-state index contributed by atoms with van der Waals surface area (Å²) in [5, 5.41) is 15.6. The van der Waals surface area contributed by atoms with E-state index in [1.807, 2.05) is 20.8 Å². The first-order chi connectivity index (χ1) is 14.5. The second-order valence-electron chi connectivity index (χ2n) is 12.6. The predicted octanol–water partition coefficient (Wildman–Crippen LogP) is 2.44. The molecule has 8 heteroatoms. The summed E-state index contributed by atoms with van der Waals surface area (Å²) in [6, 6.07) is -1.43. The van der Waals surface area contributed by atoms with Crippen molar-refractivity contribution in [2.75, 3.05) is 13.2 Å². The molecule has 0 radical (unpaired) electrons. The molecule has 3 aliphatic rings. The molecule has 3 rings (SSSR count). The number of amides is 3. The summed E-state index contributed by atoms with van der Waals surface area (Å²) < 4.78 is 5.39. The number of nitrogens with one attached hydrogen (secondary N) is 2. The van der Waals surface area contributed by atoms with E-state index in [1.165, 1.54) is 0 Å². The second kappa shape index (κ2) is 7.89. The van der Waals surface area contributed by atoms with Gasteiger partial charge in [-0.15, -0.1) is 0 Å². The Morgan fingerprint density at radius 1 is 1.12 bits per heavy atom. The maximum atomic E-state index is 13.7. The summed E-state index contributed by atoms with van der Waals surface area (Å²) in [5.41, 5.74) is -1.84. The topological polar surface area (TPSA) is 108 Å². The average molecular weight is 452 g/mol. The molecule has 0 spiro atoms. The van der Waals surface area contributed by atoms with Crippen molar-refractivity contribution < 1.29 is 24.2 Å². The zero-order valence-electron chi connectivity index (χ0n) is 20.9. The van der Waals surface area contributed by atoms with Gasteiger partial charge in [-0.1, -0.05) is 34.6 Å². The van der Waals surface area contributed by atoms with Crippen molar-refractivity contribution in [3.8, 4) is 0 Å². The molecule has 2 saturated carbocycles. The maximum absolute atomic E-state index is 13.7. The molecule has 4 atom stereocenters. The fraction of sp³-hybridized carbons (Fsp3) is 0.875. The van der Waals surface area contributed by atoms with Gasteiger partial charge >= 0.3 is 6.09 Å². The number of alkyl carbamates (subject to hydrolysis) is 1. The normalized spacial score (nSPS) is 28.8. The molecular formula is C24H41N3O5. The molecule has 1 saturated heterocycles. The van der Waals surface area contributed by atoms with Crippen molar-refractivity contribution >= 4 is 17.9 Å². The van der Waals surface area contributed by atoms with Crippen LogP contribution >= 0.6 is 0 Å². The monoisotopic (exact) mass is 451 g/mol. The van der Waals surface area contributed by atoms with Crippen molar-refractivity contribution in [3.63, 3.8) is 0 Å². The van der Waals surface area contributed by atoms with Gasteiger partial charge in [0.2, 0.25) is 11.8 Å². The highest BCUT2D eigenvalue weighted by atomic mass is 16.6. The van der Waals surface area contributed by atoms with Crippen LogP contribution in [0, 0.1) is 22.7 Å². The first kappa shape index (κ1) is 24.8. The lowest BCUT2D eigenvalue weighted by Gasteiger charge is -2.43. The molecule has 3 fully saturated rings. The lowest BCUT2D eigenvalue weighted by atomic mass is 9.77. The Labute approximate surface area is 191 Å². The van der Waals surface area contributed by atoms with E-state index in [9.17, 15) is 19.5 Å². The Morgan fingerprint density at radius 2 is 1.72 bits per heavy atom. The van der Waals surface area contributed by atoms with Crippen LogP contribution < -0.4 is 10.6 Å².